The standard InChI is InChI=1S/C12H24N6O/c1-6-13-10-15-11(14-8-9(3)19-7-2)17-12(16-10)18(4)5/h9H,6-8H2,1-5H3,(H2,13,14,15,16,17). The van der Waals surface area contributed by atoms with Crippen LogP contribution in [0.3, 0.4) is 0 Å². The summed E-state index contributed by atoms with van der Waals surface area (Å²) in [4.78, 5) is 14.8. The first-order valence-electron chi connectivity index (χ1n) is 6.59. The number of nitrogens with zero attached hydrogens (tertiary/aromatic N) is 4. The van der Waals surface area contributed by atoms with Gasteiger partial charge in [-0.15, -0.1) is 0 Å². The number of hydrogen-bond donors (Lipinski definition) is 2. The fraction of sp³-hybridized carbons (Fsp3) is 0.750. The molecule has 7 nitrogen and oxygen atoms in total. The summed E-state index contributed by atoms with van der Waals surface area (Å²) in [5, 5.41) is 6.27. The number of rotatable bonds is 8. The van der Waals surface area contributed by atoms with Crippen molar-refractivity contribution in [3.63, 3.8) is 0 Å². The van der Waals surface area contributed by atoms with Crippen molar-refractivity contribution < 1.29 is 4.74 Å². The molecule has 0 amide bonds. The van der Waals surface area contributed by atoms with Gasteiger partial charge in [0.2, 0.25) is 17.8 Å². The van der Waals surface area contributed by atoms with Gasteiger partial charge in [0.25, 0.3) is 0 Å². The zero-order valence-electron chi connectivity index (χ0n) is 12.4. The molecule has 0 aromatic carbocycles. The summed E-state index contributed by atoms with van der Waals surface area (Å²) in [5.41, 5.74) is 0. The highest BCUT2D eigenvalue weighted by molar-refractivity contribution is 5.42. The van der Waals surface area contributed by atoms with Gasteiger partial charge in [-0.3, -0.25) is 0 Å². The topological polar surface area (TPSA) is 75.2 Å². The van der Waals surface area contributed by atoms with Crippen LogP contribution >= 0.6 is 0 Å². The van der Waals surface area contributed by atoms with Gasteiger partial charge in [0.1, 0.15) is 0 Å². The molecule has 0 aliphatic heterocycles. The van der Waals surface area contributed by atoms with Crippen LogP contribution in [0.1, 0.15) is 20.8 Å². The van der Waals surface area contributed by atoms with Crippen molar-refractivity contribution in [2.75, 3.05) is 49.3 Å². The fourth-order valence-corrected chi connectivity index (χ4v) is 1.46. The van der Waals surface area contributed by atoms with Crippen molar-refractivity contribution in [2.24, 2.45) is 0 Å². The Morgan fingerprint density at radius 2 is 1.74 bits per heavy atom. The molecule has 0 aliphatic rings. The maximum absolute atomic E-state index is 5.46. The van der Waals surface area contributed by atoms with E-state index in [1.165, 1.54) is 0 Å². The molecule has 1 heterocycles. The van der Waals surface area contributed by atoms with Crippen LogP contribution in [0.25, 0.3) is 0 Å². The number of anilines is 3. The van der Waals surface area contributed by atoms with Crippen LogP contribution in [-0.4, -0.2) is 54.8 Å². The highest BCUT2D eigenvalue weighted by Gasteiger charge is 2.08. The van der Waals surface area contributed by atoms with E-state index in [4.69, 9.17) is 4.74 Å². The van der Waals surface area contributed by atoms with Gasteiger partial charge in [-0.2, -0.15) is 15.0 Å². The molecule has 1 rings (SSSR count). The maximum Gasteiger partial charge on any atom is 0.231 e. The highest BCUT2D eigenvalue weighted by atomic mass is 16.5. The third-order valence-corrected chi connectivity index (χ3v) is 2.36. The Hall–Kier alpha value is -1.63. The van der Waals surface area contributed by atoms with Crippen molar-refractivity contribution in [1.82, 2.24) is 15.0 Å². The van der Waals surface area contributed by atoms with E-state index in [1.54, 1.807) is 0 Å². The first-order chi connectivity index (χ1) is 9.06. The lowest BCUT2D eigenvalue weighted by atomic mass is 10.4. The van der Waals surface area contributed by atoms with Gasteiger partial charge in [-0.25, -0.2) is 0 Å². The van der Waals surface area contributed by atoms with Crippen molar-refractivity contribution in [3.05, 3.63) is 0 Å². The summed E-state index contributed by atoms with van der Waals surface area (Å²) >= 11 is 0. The highest BCUT2D eigenvalue weighted by Crippen LogP contribution is 2.11. The van der Waals surface area contributed by atoms with Crippen LogP contribution < -0.4 is 15.5 Å². The molecule has 0 spiro atoms. The van der Waals surface area contributed by atoms with E-state index in [1.807, 2.05) is 39.8 Å². The van der Waals surface area contributed by atoms with Crippen LogP contribution in [0.2, 0.25) is 0 Å². The van der Waals surface area contributed by atoms with Gasteiger partial charge >= 0.3 is 0 Å². The van der Waals surface area contributed by atoms with E-state index in [0.29, 0.717) is 31.0 Å². The molecule has 0 fully saturated rings. The predicted octanol–water partition coefficient (Wildman–Crippen LogP) is 1.21. The second-order valence-corrected chi connectivity index (χ2v) is 4.35. The third-order valence-electron chi connectivity index (χ3n) is 2.36. The van der Waals surface area contributed by atoms with Gasteiger partial charge < -0.3 is 20.3 Å². The van der Waals surface area contributed by atoms with Crippen molar-refractivity contribution in [3.8, 4) is 0 Å². The molecule has 0 radical (unpaired) electrons. The Balaban J connectivity index is 2.75. The molecule has 2 N–H and O–H groups in total. The van der Waals surface area contributed by atoms with E-state index in [0.717, 1.165) is 6.54 Å². The third kappa shape index (κ3) is 5.25. The SMILES string of the molecule is CCNc1nc(NCC(C)OCC)nc(N(C)C)n1. The van der Waals surface area contributed by atoms with Gasteiger partial charge in [0.05, 0.1) is 6.10 Å². The minimum Gasteiger partial charge on any atom is -0.377 e. The minimum atomic E-state index is 0.118. The average Bonchev–Trinajstić information content (AvgIpc) is 2.37. The number of aromatic nitrogens is 3. The first kappa shape index (κ1) is 15.4. The van der Waals surface area contributed by atoms with Crippen LogP contribution in [0.4, 0.5) is 17.8 Å². The van der Waals surface area contributed by atoms with Gasteiger partial charge in [-0.05, 0) is 20.8 Å². The summed E-state index contributed by atoms with van der Waals surface area (Å²) in [5.74, 6) is 1.76. The Morgan fingerprint density at radius 3 is 2.26 bits per heavy atom. The molecule has 0 bridgehead atoms. The maximum atomic E-state index is 5.46. The molecule has 1 aromatic rings. The van der Waals surface area contributed by atoms with Crippen LogP contribution in [-0.2, 0) is 4.74 Å². The van der Waals surface area contributed by atoms with E-state index >= 15 is 0 Å². The average molecular weight is 268 g/mol. The minimum absolute atomic E-state index is 0.118. The van der Waals surface area contributed by atoms with E-state index in [2.05, 4.69) is 25.6 Å². The summed E-state index contributed by atoms with van der Waals surface area (Å²) < 4.78 is 5.46. The van der Waals surface area contributed by atoms with Crippen molar-refractivity contribution in [2.45, 2.75) is 26.9 Å². The molecule has 0 aliphatic carbocycles. The van der Waals surface area contributed by atoms with E-state index in [9.17, 15) is 0 Å². The molecular weight excluding hydrogens is 244 g/mol. The second-order valence-electron chi connectivity index (χ2n) is 4.35. The molecular formula is C12H24N6O. The summed E-state index contributed by atoms with van der Waals surface area (Å²) in [6, 6.07) is 0. The molecule has 1 unspecified atom stereocenters. The molecule has 19 heavy (non-hydrogen) atoms. The van der Waals surface area contributed by atoms with E-state index < -0.39 is 0 Å². The Morgan fingerprint density at radius 1 is 1.11 bits per heavy atom. The zero-order chi connectivity index (χ0) is 14.3. The number of hydrogen-bond acceptors (Lipinski definition) is 7. The van der Waals surface area contributed by atoms with Crippen LogP contribution in [0.5, 0.6) is 0 Å². The molecule has 0 saturated heterocycles. The van der Waals surface area contributed by atoms with Crippen molar-refractivity contribution >= 4 is 17.8 Å². The Labute approximate surface area is 114 Å². The van der Waals surface area contributed by atoms with Crippen LogP contribution in [0.15, 0.2) is 0 Å². The van der Waals surface area contributed by atoms with Crippen LogP contribution in [0, 0.1) is 0 Å². The lowest BCUT2D eigenvalue weighted by Gasteiger charge is -2.15. The molecule has 1 aromatic heterocycles. The van der Waals surface area contributed by atoms with Gasteiger partial charge in [0, 0.05) is 33.8 Å². The number of ether oxygens (including phenoxy) is 1. The smallest absolute Gasteiger partial charge is 0.231 e. The number of nitrogens with one attached hydrogen (secondary N) is 2. The van der Waals surface area contributed by atoms with Gasteiger partial charge in [-0.1, -0.05) is 0 Å². The Kier molecular flexibility index (Phi) is 6.27. The van der Waals surface area contributed by atoms with Crippen molar-refractivity contribution in [1.29, 1.82) is 0 Å². The van der Waals surface area contributed by atoms with Gasteiger partial charge in [0.15, 0.2) is 0 Å². The molecule has 108 valence electrons. The summed E-state index contributed by atoms with van der Waals surface area (Å²) in [6.45, 7) is 8.12. The summed E-state index contributed by atoms with van der Waals surface area (Å²) in [7, 11) is 3.80. The molecule has 0 saturated carbocycles. The first-order valence-corrected chi connectivity index (χ1v) is 6.59. The zero-order valence-corrected chi connectivity index (χ0v) is 12.4. The molecule has 1 atom stereocenters. The largest absolute Gasteiger partial charge is 0.377 e. The Bertz CT molecular complexity index is 384. The van der Waals surface area contributed by atoms with E-state index in [-0.39, 0.29) is 6.10 Å². The lowest BCUT2D eigenvalue weighted by molar-refractivity contribution is 0.0854. The monoisotopic (exact) mass is 268 g/mol. The fourth-order valence-electron chi connectivity index (χ4n) is 1.46. The normalized spacial score (nSPS) is 12.1. The molecule has 7 heteroatoms. The lowest BCUT2D eigenvalue weighted by Crippen LogP contribution is -2.22. The predicted molar refractivity (Wildman–Crippen MR) is 77.9 cm³/mol. The summed E-state index contributed by atoms with van der Waals surface area (Å²) in [6.07, 6.45) is 0.118. The quantitative estimate of drug-likeness (QED) is 0.734. The second kappa shape index (κ2) is 7.73.